The van der Waals surface area contributed by atoms with Crippen molar-refractivity contribution >= 4 is 33.3 Å². The van der Waals surface area contributed by atoms with Crippen LogP contribution in [-0.2, 0) is 0 Å². The molecule has 2 rings (SSSR count). The van der Waals surface area contributed by atoms with E-state index >= 15 is 0 Å². The fourth-order valence-electron chi connectivity index (χ4n) is 1.66. The molecule has 100 valence electrons. The van der Waals surface area contributed by atoms with Gasteiger partial charge < -0.3 is 10.4 Å². The molecule has 20 heavy (non-hydrogen) atoms. The number of nitriles is 1. The number of carbonyl (C=O) groups is 1. The van der Waals surface area contributed by atoms with Crippen LogP contribution in [0.3, 0.4) is 0 Å². The number of aromatic carboxylic acids is 1. The molecule has 0 aromatic heterocycles. The van der Waals surface area contributed by atoms with Crippen molar-refractivity contribution in [3.05, 3.63) is 57.8 Å². The van der Waals surface area contributed by atoms with Crippen molar-refractivity contribution in [3.8, 4) is 6.07 Å². The highest BCUT2D eigenvalue weighted by Crippen LogP contribution is 2.26. The fraction of sp³-hybridized carbons (Fsp3) is 0. The van der Waals surface area contributed by atoms with E-state index in [-0.39, 0.29) is 16.8 Å². The molecule has 0 heterocycles. The molecule has 0 atom stereocenters. The Morgan fingerprint density at radius 3 is 2.75 bits per heavy atom. The lowest BCUT2D eigenvalue weighted by atomic mass is 10.1. The molecule has 0 aliphatic carbocycles. The monoisotopic (exact) mass is 334 g/mol. The molecule has 0 amide bonds. The second-order valence-electron chi connectivity index (χ2n) is 3.90. The van der Waals surface area contributed by atoms with E-state index in [2.05, 4.69) is 21.2 Å². The Kier molecular flexibility index (Phi) is 4.01. The minimum Gasteiger partial charge on any atom is -0.478 e. The number of rotatable bonds is 3. The summed E-state index contributed by atoms with van der Waals surface area (Å²) in [6.45, 7) is 0. The molecular formula is C14H8BrFN2O2. The van der Waals surface area contributed by atoms with Gasteiger partial charge in [0, 0.05) is 10.2 Å². The highest BCUT2D eigenvalue weighted by Gasteiger charge is 2.11. The maximum Gasteiger partial charge on any atom is 0.336 e. The Morgan fingerprint density at radius 2 is 2.10 bits per heavy atom. The van der Waals surface area contributed by atoms with Crippen molar-refractivity contribution in [2.75, 3.05) is 5.32 Å². The van der Waals surface area contributed by atoms with Gasteiger partial charge in [-0.2, -0.15) is 5.26 Å². The molecule has 0 bridgehead atoms. The van der Waals surface area contributed by atoms with Crippen LogP contribution in [0.4, 0.5) is 15.8 Å². The summed E-state index contributed by atoms with van der Waals surface area (Å²) in [5, 5.41) is 20.8. The van der Waals surface area contributed by atoms with Crippen LogP contribution in [0, 0.1) is 17.1 Å². The molecule has 2 N–H and O–H groups in total. The van der Waals surface area contributed by atoms with Gasteiger partial charge in [-0.1, -0.05) is 6.07 Å². The van der Waals surface area contributed by atoms with E-state index in [0.29, 0.717) is 10.2 Å². The van der Waals surface area contributed by atoms with E-state index in [4.69, 9.17) is 10.4 Å². The van der Waals surface area contributed by atoms with Gasteiger partial charge in [-0.15, -0.1) is 0 Å². The van der Waals surface area contributed by atoms with Gasteiger partial charge in [0.15, 0.2) is 0 Å². The smallest absolute Gasteiger partial charge is 0.336 e. The summed E-state index contributed by atoms with van der Waals surface area (Å²) < 4.78 is 13.9. The zero-order chi connectivity index (χ0) is 14.7. The molecule has 2 aromatic carbocycles. The van der Waals surface area contributed by atoms with Crippen molar-refractivity contribution in [1.29, 1.82) is 5.26 Å². The van der Waals surface area contributed by atoms with Gasteiger partial charge in [0.25, 0.3) is 0 Å². The van der Waals surface area contributed by atoms with E-state index in [9.17, 15) is 9.18 Å². The number of halogens is 2. The fourth-order valence-corrected chi connectivity index (χ4v) is 2.08. The van der Waals surface area contributed by atoms with E-state index in [1.807, 2.05) is 0 Å². The highest BCUT2D eigenvalue weighted by atomic mass is 79.9. The van der Waals surface area contributed by atoms with Crippen LogP contribution in [0.15, 0.2) is 40.9 Å². The zero-order valence-corrected chi connectivity index (χ0v) is 11.6. The number of nitrogens with zero attached hydrogens (tertiary/aromatic N) is 1. The van der Waals surface area contributed by atoms with E-state index in [1.165, 1.54) is 18.2 Å². The van der Waals surface area contributed by atoms with Crippen LogP contribution in [-0.4, -0.2) is 11.1 Å². The lowest BCUT2D eigenvalue weighted by Crippen LogP contribution is -2.01. The van der Waals surface area contributed by atoms with E-state index in [0.717, 1.165) is 0 Å². The maximum absolute atomic E-state index is 13.5. The summed E-state index contributed by atoms with van der Waals surface area (Å²) in [5.74, 6) is -1.71. The highest BCUT2D eigenvalue weighted by molar-refractivity contribution is 9.10. The van der Waals surface area contributed by atoms with Crippen LogP contribution < -0.4 is 5.32 Å². The van der Waals surface area contributed by atoms with Gasteiger partial charge in [0.05, 0.1) is 11.3 Å². The standard InChI is InChI=1S/C14H8BrFN2O2/c15-11-5-4-8(6-9(11)14(19)20)18-13-3-1-2-12(16)10(13)7-17/h1-6,18H,(H,19,20). The Morgan fingerprint density at radius 1 is 1.35 bits per heavy atom. The lowest BCUT2D eigenvalue weighted by molar-refractivity contribution is 0.0696. The van der Waals surface area contributed by atoms with Gasteiger partial charge in [-0.3, -0.25) is 0 Å². The van der Waals surface area contributed by atoms with Gasteiger partial charge in [0.2, 0.25) is 0 Å². The number of hydrogen-bond acceptors (Lipinski definition) is 3. The second-order valence-corrected chi connectivity index (χ2v) is 4.75. The lowest BCUT2D eigenvalue weighted by Gasteiger charge is -2.10. The van der Waals surface area contributed by atoms with Crippen LogP contribution in [0.2, 0.25) is 0 Å². The predicted molar refractivity (Wildman–Crippen MR) is 75.5 cm³/mol. The molecule has 0 radical (unpaired) electrons. The first-order valence-electron chi connectivity index (χ1n) is 5.51. The number of carboxylic acids is 1. The Hall–Kier alpha value is -2.39. The Labute approximate surface area is 122 Å². The van der Waals surface area contributed by atoms with Crippen LogP contribution in [0.1, 0.15) is 15.9 Å². The van der Waals surface area contributed by atoms with Crippen molar-refractivity contribution in [2.45, 2.75) is 0 Å². The molecule has 0 aliphatic rings. The molecule has 2 aromatic rings. The summed E-state index contributed by atoms with van der Waals surface area (Å²) in [6.07, 6.45) is 0. The predicted octanol–water partition coefficient (Wildman–Crippen LogP) is 3.90. The van der Waals surface area contributed by atoms with Gasteiger partial charge in [0.1, 0.15) is 17.4 Å². The summed E-state index contributed by atoms with van der Waals surface area (Å²) in [5.41, 5.74) is 0.691. The molecule has 4 nitrogen and oxygen atoms in total. The molecule has 6 heteroatoms. The summed E-state index contributed by atoms with van der Waals surface area (Å²) in [4.78, 5) is 11.0. The Bertz CT molecular complexity index is 726. The van der Waals surface area contributed by atoms with Gasteiger partial charge in [-0.25, -0.2) is 9.18 Å². The van der Waals surface area contributed by atoms with Gasteiger partial charge in [-0.05, 0) is 46.3 Å². The molecule has 0 spiro atoms. The molecule has 0 fully saturated rings. The molecule has 0 saturated heterocycles. The summed E-state index contributed by atoms with van der Waals surface area (Å²) >= 11 is 3.14. The minimum atomic E-state index is -1.08. The van der Waals surface area contributed by atoms with Crippen molar-refractivity contribution < 1.29 is 14.3 Å². The normalized spacial score (nSPS) is 9.85. The van der Waals surface area contributed by atoms with Crippen molar-refractivity contribution in [2.24, 2.45) is 0 Å². The van der Waals surface area contributed by atoms with Crippen LogP contribution >= 0.6 is 15.9 Å². The first kappa shape index (κ1) is 14.0. The van der Waals surface area contributed by atoms with Crippen LogP contribution in [0.5, 0.6) is 0 Å². The summed E-state index contributed by atoms with van der Waals surface area (Å²) in [6, 6.07) is 10.6. The minimum absolute atomic E-state index is 0.0740. The largest absolute Gasteiger partial charge is 0.478 e. The molecule has 0 unspecified atom stereocenters. The summed E-state index contributed by atoms with van der Waals surface area (Å²) in [7, 11) is 0. The number of hydrogen-bond donors (Lipinski definition) is 2. The third-order valence-electron chi connectivity index (χ3n) is 2.60. The van der Waals surface area contributed by atoms with Crippen molar-refractivity contribution in [3.63, 3.8) is 0 Å². The molecular weight excluding hydrogens is 327 g/mol. The second kappa shape index (κ2) is 5.72. The Balaban J connectivity index is 2.41. The number of anilines is 2. The first-order valence-corrected chi connectivity index (χ1v) is 6.30. The average molecular weight is 335 g/mol. The van der Waals surface area contributed by atoms with Gasteiger partial charge >= 0.3 is 5.97 Å². The zero-order valence-electron chi connectivity index (χ0n) is 10.0. The topological polar surface area (TPSA) is 73.1 Å². The maximum atomic E-state index is 13.5. The molecule has 0 aliphatic heterocycles. The average Bonchev–Trinajstić information content (AvgIpc) is 2.41. The van der Waals surface area contributed by atoms with E-state index in [1.54, 1.807) is 24.3 Å². The third-order valence-corrected chi connectivity index (χ3v) is 3.29. The quantitative estimate of drug-likeness (QED) is 0.892. The number of nitrogens with one attached hydrogen (secondary N) is 1. The first-order chi connectivity index (χ1) is 9.52. The van der Waals surface area contributed by atoms with Crippen molar-refractivity contribution in [1.82, 2.24) is 0 Å². The third kappa shape index (κ3) is 2.78. The number of benzene rings is 2. The van der Waals surface area contributed by atoms with E-state index < -0.39 is 11.8 Å². The van der Waals surface area contributed by atoms with Crippen LogP contribution in [0.25, 0.3) is 0 Å². The SMILES string of the molecule is N#Cc1c(F)cccc1Nc1ccc(Br)c(C(=O)O)c1. The molecule has 0 saturated carbocycles. The number of carboxylic acid groups (broad SMARTS) is 1.